The maximum atomic E-state index is 5.47. The van der Waals surface area contributed by atoms with Gasteiger partial charge < -0.3 is 5.73 Å². The van der Waals surface area contributed by atoms with E-state index in [1.165, 1.54) is 9.75 Å². The summed E-state index contributed by atoms with van der Waals surface area (Å²) in [4.78, 5) is 11.6. The summed E-state index contributed by atoms with van der Waals surface area (Å²) in [5, 5.41) is 1.97. The Morgan fingerprint density at radius 3 is 2.62 bits per heavy atom. The minimum absolute atomic E-state index is 0.556. The molecular weight excluding hydrogens is 258 g/mol. The third-order valence-corrected chi connectivity index (χ3v) is 4.29. The number of rotatable bonds is 4. The number of aryl methyl sites for hydroxylation is 2. The Morgan fingerprint density at radius 2 is 2.00 bits per heavy atom. The first-order valence-electron chi connectivity index (χ1n) is 4.81. The first-order valence-corrected chi connectivity index (χ1v) is 6.85. The molecule has 0 aliphatic heterocycles. The van der Waals surface area contributed by atoms with Crippen molar-refractivity contribution in [1.29, 1.82) is 0 Å². The average Bonchev–Trinajstić information content (AvgIpc) is 2.83. The third kappa shape index (κ3) is 2.84. The van der Waals surface area contributed by atoms with E-state index in [1.807, 2.05) is 19.3 Å². The first kappa shape index (κ1) is 11.6. The predicted octanol–water partition coefficient (Wildman–Crippen LogP) is 2.79. The van der Waals surface area contributed by atoms with Crippen LogP contribution in [0.5, 0.6) is 0 Å². The lowest BCUT2D eigenvalue weighted by Gasteiger charge is -1.93. The highest BCUT2D eigenvalue weighted by Gasteiger charge is 2.08. The van der Waals surface area contributed by atoms with Gasteiger partial charge in [0.1, 0.15) is 0 Å². The molecule has 0 aliphatic carbocycles. The van der Waals surface area contributed by atoms with E-state index in [4.69, 9.17) is 18.0 Å². The van der Waals surface area contributed by atoms with Crippen molar-refractivity contribution in [3.63, 3.8) is 0 Å². The molecule has 0 aromatic carbocycles. The molecule has 2 N–H and O–H groups in total. The molecule has 3 nitrogen and oxygen atoms in total. The Bertz CT molecular complexity index is 501. The first-order chi connectivity index (χ1) is 7.65. The molecule has 0 fully saturated rings. The van der Waals surface area contributed by atoms with Crippen molar-refractivity contribution >= 4 is 39.9 Å². The third-order valence-electron chi connectivity index (χ3n) is 1.98. The number of nitrogens with zero attached hydrogens (tertiary/aromatic N) is 2. The van der Waals surface area contributed by atoms with E-state index in [1.54, 1.807) is 22.7 Å². The monoisotopic (exact) mass is 269 g/mol. The Balaban J connectivity index is 2.10. The quantitative estimate of drug-likeness (QED) is 0.867. The van der Waals surface area contributed by atoms with Crippen LogP contribution in [0, 0.1) is 6.92 Å². The van der Waals surface area contributed by atoms with Gasteiger partial charge in [-0.2, -0.15) is 0 Å². The number of hydrogen-bond acceptors (Lipinski definition) is 5. The van der Waals surface area contributed by atoms with E-state index in [2.05, 4.69) is 9.97 Å². The van der Waals surface area contributed by atoms with Crippen LogP contribution in [-0.2, 0) is 6.42 Å². The lowest BCUT2D eigenvalue weighted by atomic mass is 10.3. The maximum Gasteiger partial charge on any atom is 0.152 e. The van der Waals surface area contributed by atoms with Gasteiger partial charge in [0.2, 0.25) is 0 Å². The standard InChI is InChI=1S/C10H11N3S3/c1-6-4-12-9(15-6)10-13-5-7(16-10)2-3-8(11)14/h4-5H,2-3H2,1H3,(H2,11,14). The summed E-state index contributed by atoms with van der Waals surface area (Å²) in [6.45, 7) is 2.04. The van der Waals surface area contributed by atoms with Gasteiger partial charge in [0.05, 0.1) is 4.99 Å². The van der Waals surface area contributed by atoms with E-state index in [0.717, 1.165) is 22.9 Å². The number of hydrogen-bond donors (Lipinski definition) is 1. The summed E-state index contributed by atoms with van der Waals surface area (Å²) >= 11 is 8.18. The number of thiocarbonyl (C=S) groups is 1. The summed E-state index contributed by atoms with van der Waals surface area (Å²) in [7, 11) is 0. The highest BCUT2D eigenvalue weighted by atomic mass is 32.1. The minimum Gasteiger partial charge on any atom is -0.393 e. The van der Waals surface area contributed by atoms with Crippen molar-refractivity contribution in [3.8, 4) is 10.0 Å². The fourth-order valence-corrected chi connectivity index (χ4v) is 3.03. The molecule has 0 aliphatic rings. The van der Waals surface area contributed by atoms with Crippen molar-refractivity contribution < 1.29 is 0 Å². The number of thiazole rings is 2. The molecular formula is C10H11N3S3. The van der Waals surface area contributed by atoms with Crippen molar-refractivity contribution in [2.75, 3.05) is 0 Å². The van der Waals surface area contributed by atoms with Gasteiger partial charge in [0.25, 0.3) is 0 Å². The molecule has 0 bridgehead atoms. The van der Waals surface area contributed by atoms with E-state index >= 15 is 0 Å². The molecule has 16 heavy (non-hydrogen) atoms. The van der Waals surface area contributed by atoms with Gasteiger partial charge in [0.15, 0.2) is 10.0 Å². The molecule has 6 heteroatoms. The highest BCUT2D eigenvalue weighted by Crippen LogP contribution is 2.29. The Hall–Kier alpha value is -0.850. The van der Waals surface area contributed by atoms with Gasteiger partial charge in [-0.1, -0.05) is 12.2 Å². The van der Waals surface area contributed by atoms with Gasteiger partial charge in [-0.25, -0.2) is 9.97 Å². The molecule has 2 aromatic rings. The van der Waals surface area contributed by atoms with Crippen molar-refractivity contribution in [3.05, 3.63) is 22.1 Å². The van der Waals surface area contributed by atoms with Crippen LogP contribution < -0.4 is 5.73 Å². The number of nitrogens with two attached hydrogens (primary N) is 1. The normalized spacial score (nSPS) is 10.6. The van der Waals surface area contributed by atoms with Crippen LogP contribution in [-0.4, -0.2) is 15.0 Å². The van der Waals surface area contributed by atoms with E-state index in [-0.39, 0.29) is 0 Å². The minimum atomic E-state index is 0.556. The summed E-state index contributed by atoms with van der Waals surface area (Å²) in [5.74, 6) is 0. The van der Waals surface area contributed by atoms with Gasteiger partial charge >= 0.3 is 0 Å². The van der Waals surface area contributed by atoms with E-state index in [0.29, 0.717) is 4.99 Å². The van der Waals surface area contributed by atoms with Gasteiger partial charge in [-0.15, -0.1) is 22.7 Å². The molecule has 0 amide bonds. The molecule has 0 saturated heterocycles. The van der Waals surface area contributed by atoms with Crippen molar-refractivity contribution in [2.45, 2.75) is 19.8 Å². The second-order valence-corrected chi connectivity index (χ2v) is 6.25. The van der Waals surface area contributed by atoms with Crippen LogP contribution >= 0.6 is 34.9 Å². The van der Waals surface area contributed by atoms with Crippen LogP contribution in [0.25, 0.3) is 10.0 Å². The molecule has 0 unspecified atom stereocenters. The van der Waals surface area contributed by atoms with Gasteiger partial charge in [-0.3, -0.25) is 0 Å². The van der Waals surface area contributed by atoms with Crippen LogP contribution in [0.3, 0.4) is 0 Å². The second-order valence-electron chi connectivity index (χ2n) is 3.37. The molecule has 84 valence electrons. The molecule has 2 heterocycles. The summed E-state index contributed by atoms with van der Waals surface area (Å²) in [6.07, 6.45) is 5.37. The SMILES string of the molecule is Cc1cnc(-c2ncc(CCC(N)=S)s2)s1. The molecule has 0 spiro atoms. The lowest BCUT2D eigenvalue weighted by molar-refractivity contribution is 1.06. The molecule has 2 aromatic heterocycles. The van der Waals surface area contributed by atoms with Crippen LogP contribution in [0.4, 0.5) is 0 Å². The zero-order valence-corrected chi connectivity index (χ0v) is 11.2. The topological polar surface area (TPSA) is 51.8 Å². The van der Waals surface area contributed by atoms with Crippen molar-refractivity contribution in [1.82, 2.24) is 9.97 Å². The highest BCUT2D eigenvalue weighted by molar-refractivity contribution is 7.80. The van der Waals surface area contributed by atoms with E-state index < -0.39 is 0 Å². The lowest BCUT2D eigenvalue weighted by Crippen LogP contribution is -2.07. The van der Waals surface area contributed by atoms with Crippen molar-refractivity contribution in [2.24, 2.45) is 5.73 Å². The smallest absolute Gasteiger partial charge is 0.152 e. The predicted molar refractivity (Wildman–Crippen MR) is 73.1 cm³/mol. The Kier molecular flexibility index (Phi) is 3.63. The zero-order valence-electron chi connectivity index (χ0n) is 8.77. The molecule has 0 radical (unpaired) electrons. The fraction of sp³-hybridized carbons (Fsp3) is 0.300. The molecule has 0 atom stereocenters. The maximum absolute atomic E-state index is 5.47. The summed E-state index contributed by atoms with van der Waals surface area (Å²) < 4.78 is 0. The van der Waals surface area contributed by atoms with Crippen LogP contribution in [0.15, 0.2) is 12.4 Å². The molecule has 0 saturated carbocycles. The number of aromatic nitrogens is 2. The largest absolute Gasteiger partial charge is 0.393 e. The van der Waals surface area contributed by atoms with Crippen LogP contribution in [0.2, 0.25) is 0 Å². The summed E-state index contributed by atoms with van der Waals surface area (Å²) in [6, 6.07) is 0. The Labute approximate surface area is 107 Å². The Morgan fingerprint density at radius 1 is 1.31 bits per heavy atom. The molecule has 2 rings (SSSR count). The van der Waals surface area contributed by atoms with Crippen LogP contribution in [0.1, 0.15) is 16.2 Å². The summed E-state index contributed by atoms with van der Waals surface area (Å²) in [5.41, 5.74) is 5.47. The second kappa shape index (κ2) is 4.99. The van der Waals surface area contributed by atoms with Gasteiger partial charge in [0, 0.05) is 28.6 Å². The van der Waals surface area contributed by atoms with E-state index in [9.17, 15) is 0 Å². The zero-order chi connectivity index (χ0) is 11.5. The average molecular weight is 269 g/mol. The van der Waals surface area contributed by atoms with Gasteiger partial charge in [-0.05, 0) is 13.3 Å². The fourth-order valence-electron chi connectivity index (χ4n) is 1.22.